The summed E-state index contributed by atoms with van der Waals surface area (Å²) >= 11 is 7.55. The highest BCUT2D eigenvalue weighted by Crippen LogP contribution is 2.22. The SMILES string of the molecule is CN(Cc1ccc(Cl)s1)Cc1nnnn1-c1ccccc1. The van der Waals surface area contributed by atoms with Crippen molar-refractivity contribution in [2.24, 2.45) is 0 Å². The van der Waals surface area contributed by atoms with Crippen molar-refractivity contribution in [1.29, 1.82) is 0 Å². The van der Waals surface area contributed by atoms with E-state index in [9.17, 15) is 0 Å². The highest BCUT2D eigenvalue weighted by atomic mass is 35.5. The lowest BCUT2D eigenvalue weighted by Crippen LogP contribution is -2.19. The van der Waals surface area contributed by atoms with Crippen LogP contribution in [-0.4, -0.2) is 32.2 Å². The van der Waals surface area contributed by atoms with Gasteiger partial charge in [-0.1, -0.05) is 29.8 Å². The van der Waals surface area contributed by atoms with E-state index in [2.05, 4.69) is 20.4 Å². The number of rotatable bonds is 5. The summed E-state index contributed by atoms with van der Waals surface area (Å²) in [5.74, 6) is 0.811. The van der Waals surface area contributed by atoms with Crippen LogP contribution in [0.1, 0.15) is 10.7 Å². The number of aromatic nitrogens is 4. The second-order valence-corrected chi connectivity index (χ2v) is 6.52. The van der Waals surface area contributed by atoms with Gasteiger partial charge in [0.2, 0.25) is 0 Å². The highest BCUT2D eigenvalue weighted by molar-refractivity contribution is 7.16. The Balaban J connectivity index is 1.72. The standard InChI is InChI=1S/C14H14ClN5S/c1-19(9-12-7-8-13(15)21-12)10-14-16-17-18-20(14)11-5-3-2-4-6-11/h2-8H,9-10H2,1H3. The Hall–Kier alpha value is -1.76. The summed E-state index contributed by atoms with van der Waals surface area (Å²) in [5, 5.41) is 12.0. The van der Waals surface area contributed by atoms with Gasteiger partial charge in [0, 0.05) is 11.4 Å². The van der Waals surface area contributed by atoms with E-state index >= 15 is 0 Å². The Morgan fingerprint density at radius 3 is 2.67 bits per heavy atom. The second-order valence-electron chi connectivity index (χ2n) is 4.72. The minimum atomic E-state index is 0.664. The van der Waals surface area contributed by atoms with E-state index in [0.717, 1.165) is 22.4 Å². The molecule has 3 aromatic rings. The van der Waals surface area contributed by atoms with Crippen LogP contribution < -0.4 is 0 Å². The average molecular weight is 320 g/mol. The number of benzene rings is 1. The van der Waals surface area contributed by atoms with Crippen LogP contribution in [0.25, 0.3) is 5.69 Å². The molecule has 0 unspecified atom stereocenters. The van der Waals surface area contributed by atoms with Crippen LogP contribution >= 0.6 is 22.9 Å². The Morgan fingerprint density at radius 2 is 1.95 bits per heavy atom. The third-order valence-electron chi connectivity index (χ3n) is 3.00. The molecular formula is C14H14ClN5S. The summed E-state index contributed by atoms with van der Waals surface area (Å²) in [6.45, 7) is 1.48. The van der Waals surface area contributed by atoms with Crippen molar-refractivity contribution in [2.75, 3.05) is 7.05 Å². The van der Waals surface area contributed by atoms with E-state index in [1.165, 1.54) is 4.88 Å². The predicted octanol–water partition coefficient (Wildman–Crippen LogP) is 3.01. The molecule has 21 heavy (non-hydrogen) atoms. The number of hydrogen-bond donors (Lipinski definition) is 0. The van der Waals surface area contributed by atoms with Gasteiger partial charge in [-0.05, 0) is 41.7 Å². The maximum atomic E-state index is 5.96. The number of halogens is 1. The predicted molar refractivity (Wildman–Crippen MR) is 83.7 cm³/mol. The van der Waals surface area contributed by atoms with Gasteiger partial charge in [0.1, 0.15) is 0 Å². The first-order valence-corrected chi connectivity index (χ1v) is 7.67. The maximum absolute atomic E-state index is 5.96. The molecule has 0 aliphatic rings. The molecule has 0 aliphatic carbocycles. The fourth-order valence-electron chi connectivity index (χ4n) is 2.07. The highest BCUT2D eigenvalue weighted by Gasteiger charge is 2.11. The number of nitrogens with zero attached hydrogens (tertiary/aromatic N) is 5. The molecule has 2 aromatic heterocycles. The van der Waals surface area contributed by atoms with Gasteiger partial charge >= 0.3 is 0 Å². The zero-order valence-electron chi connectivity index (χ0n) is 11.5. The summed E-state index contributed by atoms with van der Waals surface area (Å²) in [6, 6.07) is 13.8. The van der Waals surface area contributed by atoms with Crippen molar-refractivity contribution in [3.8, 4) is 5.69 Å². The molecule has 0 radical (unpaired) electrons. The van der Waals surface area contributed by atoms with E-state index in [4.69, 9.17) is 11.6 Å². The van der Waals surface area contributed by atoms with Crippen molar-refractivity contribution < 1.29 is 0 Å². The monoisotopic (exact) mass is 319 g/mol. The number of thiophene rings is 1. The summed E-state index contributed by atoms with van der Waals surface area (Å²) in [4.78, 5) is 3.38. The molecule has 0 saturated carbocycles. The van der Waals surface area contributed by atoms with Crippen LogP contribution in [-0.2, 0) is 13.1 Å². The first-order chi connectivity index (χ1) is 10.2. The van der Waals surface area contributed by atoms with Crippen LogP contribution in [0.15, 0.2) is 42.5 Å². The lowest BCUT2D eigenvalue weighted by molar-refractivity contribution is 0.310. The first-order valence-electron chi connectivity index (χ1n) is 6.48. The molecule has 0 fully saturated rings. The fourth-order valence-corrected chi connectivity index (χ4v) is 3.24. The van der Waals surface area contributed by atoms with Crippen LogP contribution in [0.3, 0.4) is 0 Å². The number of hydrogen-bond acceptors (Lipinski definition) is 5. The molecule has 0 amide bonds. The van der Waals surface area contributed by atoms with Gasteiger partial charge in [0.15, 0.2) is 5.82 Å². The third kappa shape index (κ3) is 3.47. The lowest BCUT2D eigenvalue weighted by atomic mass is 10.3. The molecule has 108 valence electrons. The van der Waals surface area contributed by atoms with Crippen molar-refractivity contribution in [3.05, 3.63) is 57.5 Å². The normalized spacial score (nSPS) is 11.2. The Bertz CT molecular complexity index is 709. The topological polar surface area (TPSA) is 46.8 Å². The van der Waals surface area contributed by atoms with Crippen molar-refractivity contribution in [1.82, 2.24) is 25.1 Å². The first kappa shape index (κ1) is 14.2. The van der Waals surface area contributed by atoms with E-state index in [-0.39, 0.29) is 0 Å². The van der Waals surface area contributed by atoms with Crippen LogP contribution in [0, 0.1) is 0 Å². The molecule has 0 N–H and O–H groups in total. The van der Waals surface area contributed by atoms with Gasteiger partial charge in [0.05, 0.1) is 16.6 Å². The van der Waals surface area contributed by atoms with Gasteiger partial charge in [0.25, 0.3) is 0 Å². The van der Waals surface area contributed by atoms with E-state index in [0.29, 0.717) is 6.54 Å². The van der Waals surface area contributed by atoms with Gasteiger partial charge in [-0.3, -0.25) is 4.90 Å². The smallest absolute Gasteiger partial charge is 0.170 e. The zero-order valence-corrected chi connectivity index (χ0v) is 13.1. The Morgan fingerprint density at radius 1 is 1.14 bits per heavy atom. The van der Waals surface area contributed by atoms with E-state index in [1.807, 2.05) is 49.5 Å². The molecule has 0 bridgehead atoms. The molecule has 3 rings (SSSR count). The number of tetrazole rings is 1. The van der Waals surface area contributed by atoms with E-state index < -0.39 is 0 Å². The Labute approximate surface area is 131 Å². The third-order valence-corrected chi connectivity index (χ3v) is 4.22. The largest absolute Gasteiger partial charge is 0.294 e. The minimum absolute atomic E-state index is 0.664. The molecular weight excluding hydrogens is 306 g/mol. The second kappa shape index (κ2) is 6.34. The number of para-hydroxylation sites is 1. The van der Waals surface area contributed by atoms with Crippen molar-refractivity contribution in [2.45, 2.75) is 13.1 Å². The van der Waals surface area contributed by atoms with Crippen molar-refractivity contribution in [3.63, 3.8) is 0 Å². The quantitative estimate of drug-likeness (QED) is 0.725. The summed E-state index contributed by atoms with van der Waals surface area (Å²) in [6.07, 6.45) is 0. The fraction of sp³-hybridized carbons (Fsp3) is 0.214. The van der Waals surface area contributed by atoms with Gasteiger partial charge in [-0.2, -0.15) is 4.68 Å². The molecule has 7 heteroatoms. The molecule has 0 spiro atoms. The van der Waals surface area contributed by atoms with Crippen LogP contribution in [0.5, 0.6) is 0 Å². The summed E-state index contributed by atoms with van der Waals surface area (Å²) in [7, 11) is 2.04. The maximum Gasteiger partial charge on any atom is 0.170 e. The zero-order chi connectivity index (χ0) is 14.7. The Kier molecular flexibility index (Phi) is 4.28. The molecule has 0 atom stereocenters. The van der Waals surface area contributed by atoms with Gasteiger partial charge in [-0.15, -0.1) is 16.4 Å². The molecule has 2 heterocycles. The van der Waals surface area contributed by atoms with Crippen LogP contribution in [0.2, 0.25) is 4.34 Å². The minimum Gasteiger partial charge on any atom is -0.294 e. The van der Waals surface area contributed by atoms with Crippen molar-refractivity contribution >= 4 is 22.9 Å². The molecule has 1 aromatic carbocycles. The molecule has 0 saturated heterocycles. The van der Waals surface area contributed by atoms with Crippen LogP contribution in [0.4, 0.5) is 0 Å². The lowest BCUT2D eigenvalue weighted by Gasteiger charge is -2.14. The average Bonchev–Trinajstić information content (AvgIpc) is 3.09. The van der Waals surface area contributed by atoms with Gasteiger partial charge < -0.3 is 0 Å². The molecule has 5 nitrogen and oxygen atoms in total. The van der Waals surface area contributed by atoms with Gasteiger partial charge in [-0.25, -0.2) is 0 Å². The summed E-state index contributed by atoms with van der Waals surface area (Å²) in [5.41, 5.74) is 0.963. The summed E-state index contributed by atoms with van der Waals surface area (Å²) < 4.78 is 2.57. The molecule has 0 aliphatic heterocycles. The van der Waals surface area contributed by atoms with E-state index in [1.54, 1.807) is 16.0 Å².